The Morgan fingerprint density at radius 3 is 2.56 bits per heavy atom. The van der Waals surface area contributed by atoms with Crippen molar-refractivity contribution in [1.82, 2.24) is 10.3 Å². The topological polar surface area (TPSA) is 24.9 Å². The van der Waals surface area contributed by atoms with E-state index < -0.39 is 0 Å². The Morgan fingerprint density at radius 1 is 1.22 bits per heavy atom. The van der Waals surface area contributed by atoms with Gasteiger partial charge >= 0.3 is 0 Å². The predicted molar refractivity (Wildman–Crippen MR) is 71.9 cm³/mol. The molecule has 1 aromatic heterocycles. The van der Waals surface area contributed by atoms with Crippen molar-refractivity contribution in [3.63, 3.8) is 0 Å². The van der Waals surface area contributed by atoms with Crippen LogP contribution >= 0.6 is 0 Å². The summed E-state index contributed by atoms with van der Waals surface area (Å²) in [5.74, 6) is -0.283. The second kappa shape index (κ2) is 5.74. The van der Waals surface area contributed by atoms with Crippen LogP contribution in [0.4, 0.5) is 4.39 Å². The van der Waals surface area contributed by atoms with Crippen LogP contribution < -0.4 is 5.32 Å². The Kier molecular flexibility index (Phi) is 4.05. The van der Waals surface area contributed by atoms with Gasteiger partial charge in [-0.1, -0.05) is 24.3 Å². The lowest BCUT2D eigenvalue weighted by Gasteiger charge is -2.10. The van der Waals surface area contributed by atoms with Crippen LogP contribution in [0, 0.1) is 5.82 Å². The summed E-state index contributed by atoms with van der Waals surface area (Å²) >= 11 is 0. The van der Waals surface area contributed by atoms with Crippen LogP contribution in [0.5, 0.6) is 0 Å². The average Bonchev–Trinajstić information content (AvgIpc) is 2.40. The number of rotatable bonds is 4. The Labute approximate surface area is 107 Å². The first-order valence-corrected chi connectivity index (χ1v) is 6.07. The zero-order valence-corrected chi connectivity index (χ0v) is 10.7. The highest BCUT2D eigenvalue weighted by Crippen LogP contribution is 2.22. The molecule has 2 aromatic rings. The first kappa shape index (κ1) is 12.7. The fourth-order valence-electron chi connectivity index (χ4n) is 1.89. The predicted octanol–water partition coefficient (Wildman–Crippen LogP) is 3.04. The van der Waals surface area contributed by atoms with Gasteiger partial charge in [0.15, 0.2) is 0 Å². The number of benzene rings is 1. The highest BCUT2D eigenvalue weighted by Gasteiger charge is 2.05. The summed E-state index contributed by atoms with van der Waals surface area (Å²) in [6, 6.07) is 10.1. The highest BCUT2D eigenvalue weighted by molar-refractivity contribution is 5.63. The first-order valence-electron chi connectivity index (χ1n) is 6.07. The molecule has 0 aliphatic heterocycles. The number of pyridine rings is 1. The van der Waals surface area contributed by atoms with E-state index in [2.05, 4.69) is 17.2 Å². The van der Waals surface area contributed by atoms with Gasteiger partial charge in [-0.3, -0.25) is 4.98 Å². The van der Waals surface area contributed by atoms with Crippen molar-refractivity contribution < 1.29 is 4.39 Å². The van der Waals surface area contributed by atoms with Crippen LogP contribution in [-0.4, -0.2) is 18.1 Å². The van der Waals surface area contributed by atoms with Gasteiger partial charge in [0, 0.05) is 17.8 Å². The molecule has 1 heterocycles. The van der Waals surface area contributed by atoms with E-state index in [0.29, 0.717) is 11.6 Å². The lowest BCUT2D eigenvalue weighted by atomic mass is 10.0. The second-order valence-corrected chi connectivity index (χ2v) is 4.45. The standard InChI is InChI=1S/C15H17FN2/c1-11(17-2)9-12-3-5-13(6-4-12)14-7-8-18-10-15(14)16/h3-8,10-11,17H,9H2,1-2H3. The van der Waals surface area contributed by atoms with Gasteiger partial charge in [-0.2, -0.15) is 0 Å². The third kappa shape index (κ3) is 2.93. The molecular weight excluding hydrogens is 227 g/mol. The Morgan fingerprint density at radius 2 is 1.94 bits per heavy atom. The molecule has 1 atom stereocenters. The molecule has 0 saturated heterocycles. The number of likely N-dealkylation sites (N-methyl/N-ethyl adjacent to an activating group) is 1. The summed E-state index contributed by atoms with van der Waals surface area (Å²) in [5.41, 5.74) is 2.73. The molecule has 18 heavy (non-hydrogen) atoms. The van der Waals surface area contributed by atoms with E-state index in [9.17, 15) is 4.39 Å². The Hall–Kier alpha value is -1.74. The van der Waals surface area contributed by atoms with E-state index in [0.717, 1.165) is 12.0 Å². The third-order valence-corrected chi connectivity index (χ3v) is 3.07. The van der Waals surface area contributed by atoms with Gasteiger partial charge < -0.3 is 5.32 Å². The maximum atomic E-state index is 13.6. The van der Waals surface area contributed by atoms with Crippen LogP contribution in [-0.2, 0) is 6.42 Å². The largest absolute Gasteiger partial charge is 0.317 e. The highest BCUT2D eigenvalue weighted by atomic mass is 19.1. The number of nitrogens with zero attached hydrogens (tertiary/aromatic N) is 1. The normalized spacial score (nSPS) is 12.4. The molecule has 0 saturated carbocycles. The minimum atomic E-state index is -0.283. The van der Waals surface area contributed by atoms with Crippen LogP contribution in [0.25, 0.3) is 11.1 Å². The average molecular weight is 244 g/mol. The number of halogens is 1. The lowest BCUT2D eigenvalue weighted by molar-refractivity contribution is 0.608. The van der Waals surface area contributed by atoms with Gasteiger partial charge in [0.2, 0.25) is 0 Å². The van der Waals surface area contributed by atoms with Crippen molar-refractivity contribution in [2.24, 2.45) is 0 Å². The fraction of sp³-hybridized carbons (Fsp3) is 0.267. The molecule has 0 aliphatic rings. The molecule has 0 radical (unpaired) electrons. The molecule has 0 spiro atoms. The molecule has 1 N–H and O–H groups in total. The maximum Gasteiger partial charge on any atom is 0.149 e. The Bertz CT molecular complexity index is 508. The number of hydrogen-bond acceptors (Lipinski definition) is 2. The SMILES string of the molecule is CNC(C)Cc1ccc(-c2ccncc2F)cc1. The van der Waals surface area contributed by atoms with E-state index >= 15 is 0 Å². The monoisotopic (exact) mass is 244 g/mol. The molecule has 0 aliphatic carbocycles. The van der Waals surface area contributed by atoms with Gasteiger partial charge in [-0.05, 0) is 37.6 Å². The second-order valence-electron chi connectivity index (χ2n) is 4.45. The number of nitrogens with one attached hydrogen (secondary N) is 1. The zero-order chi connectivity index (χ0) is 13.0. The molecule has 94 valence electrons. The Balaban J connectivity index is 2.20. The third-order valence-electron chi connectivity index (χ3n) is 3.07. The molecule has 1 unspecified atom stereocenters. The van der Waals surface area contributed by atoms with Crippen LogP contribution in [0.1, 0.15) is 12.5 Å². The van der Waals surface area contributed by atoms with Crippen LogP contribution in [0.15, 0.2) is 42.7 Å². The van der Waals surface area contributed by atoms with Crippen molar-refractivity contribution >= 4 is 0 Å². The molecule has 0 amide bonds. The van der Waals surface area contributed by atoms with Crippen LogP contribution in [0.2, 0.25) is 0 Å². The summed E-state index contributed by atoms with van der Waals surface area (Å²) in [6.45, 7) is 2.14. The van der Waals surface area contributed by atoms with Crippen molar-refractivity contribution in [3.8, 4) is 11.1 Å². The van der Waals surface area contributed by atoms with Crippen molar-refractivity contribution in [2.75, 3.05) is 7.05 Å². The van der Waals surface area contributed by atoms with Crippen LogP contribution in [0.3, 0.4) is 0 Å². The van der Waals surface area contributed by atoms with Gasteiger partial charge in [0.25, 0.3) is 0 Å². The van der Waals surface area contributed by atoms with Gasteiger partial charge in [0.1, 0.15) is 5.82 Å². The first-order chi connectivity index (χ1) is 8.70. The minimum absolute atomic E-state index is 0.283. The van der Waals surface area contributed by atoms with E-state index in [-0.39, 0.29) is 5.82 Å². The molecule has 2 rings (SSSR count). The van der Waals surface area contributed by atoms with Gasteiger partial charge in [0.05, 0.1) is 6.20 Å². The molecule has 0 fully saturated rings. The maximum absolute atomic E-state index is 13.6. The zero-order valence-electron chi connectivity index (χ0n) is 10.7. The number of hydrogen-bond donors (Lipinski definition) is 1. The smallest absolute Gasteiger partial charge is 0.149 e. The van der Waals surface area contributed by atoms with Gasteiger partial charge in [-0.15, -0.1) is 0 Å². The fourth-order valence-corrected chi connectivity index (χ4v) is 1.89. The quantitative estimate of drug-likeness (QED) is 0.894. The summed E-state index contributed by atoms with van der Waals surface area (Å²) in [6.07, 6.45) is 3.82. The van der Waals surface area contributed by atoms with E-state index in [1.165, 1.54) is 11.8 Å². The van der Waals surface area contributed by atoms with E-state index in [4.69, 9.17) is 0 Å². The molecular formula is C15H17FN2. The summed E-state index contributed by atoms with van der Waals surface area (Å²) in [5, 5.41) is 3.20. The molecule has 1 aromatic carbocycles. The van der Waals surface area contributed by atoms with Gasteiger partial charge in [-0.25, -0.2) is 4.39 Å². The van der Waals surface area contributed by atoms with Crippen molar-refractivity contribution in [2.45, 2.75) is 19.4 Å². The molecule has 3 heteroatoms. The summed E-state index contributed by atoms with van der Waals surface area (Å²) < 4.78 is 13.6. The van der Waals surface area contributed by atoms with Crippen molar-refractivity contribution in [1.29, 1.82) is 0 Å². The minimum Gasteiger partial charge on any atom is -0.317 e. The lowest BCUT2D eigenvalue weighted by Crippen LogP contribution is -2.23. The summed E-state index contributed by atoms with van der Waals surface area (Å²) in [4.78, 5) is 3.76. The van der Waals surface area contributed by atoms with E-state index in [1.807, 2.05) is 31.3 Å². The molecule has 0 bridgehead atoms. The van der Waals surface area contributed by atoms with E-state index in [1.54, 1.807) is 12.3 Å². The number of aromatic nitrogens is 1. The molecule has 2 nitrogen and oxygen atoms in total. The van der Waals surface area contributed by atoms with Crippen molar-refractivity contribution in [3.05, 3.63) is 54.1 Å². The summed E-state index contributed by atoms with van der Waals surface area (Å²) in [7, 11) is 1.95.